The normalized spacial score (nSPS) is 11.9. The van der Waals surface area contributed by atoms with Gasteiger partial charge < -0.3 is 9.73 Å². The summed E-state index contributed by atoms with van der Waals surface area (Å²) in [5, 5.41) is 13.1. The number of carbonyl (C=O) groups excluding carboxylic acids is 2. The first-order valence-electron chi connectivity index (χ1n) is 11.1. The maximum absolute atomic E-state index is 13.9. The van der Waals surface area contributed by atoms with Gasteiger partial charge in [-0.15, -0.1) is 16.4 Å². The lowest BCUT2D eigenvalue weighted by molar-refractivity contribution is -0.127. The predicted molar refractivity (Wildman–Crippen MR) is 134 cm³/mol. The fourth-order valence-corrected chi connectivity index (χ4v) is 4.70. The molecule has 0 saturated carbocycles. The summed E-state index contributed by atoms with van der Waals surface area (Å²) in [5.41, 5.74) is 3.13. The molecule has 0 saturated heterocycles. The third-order valence-electron chi connectivity index (χ3n) is 5.62. The van der Waals surface area contributed by atoms with E-state index in [1.807, 2.05) is 73.0 Å². The number of thiophene rings is 1. The molecule has 3 aromatic heterocycles. The van der Waals surface area contributed by atoms with Gasteiger partial charge >= 0.3 is 0 Å². The van der Waals surface area contributed by atoms with Gasteiger partial charge in [0.2, 0.25) is 11.8 Å². The second kappa shape index (κ2) is 9.94. The number of nitrogens with zero attached hydrogens (tertiary/aromatic N) is 4. The SMILES string of the molecule is Cc1ccc(N(C(=O)Cn2nnc3ccccc32)C(C(=O)NCc2ccco2)c2cccs2)cc1. The van der Waals surface area contributed by atoms with Gasteiger partial charge in [0.05, 0.1) is 18.3 Å². The Hall–Kier alpha value is -4.24. The zero-order valence-corrected chi connectivity index (χ0v) is 19.8. The summed E-state index contributed by atoms with van der Waals surface area (Å²) in [6.07, 6.45) is 1.56. The van der Waals surface area contributed by atoms with E-state index in [4.69, 9.17) is 4.42 Å². The molecule has 3 heterocycles. The van der Waals surface area contributed by atoms with Crippen LogP contribution in [0.25, 0.3) is 11.0 Å². The van der Waals surface area contributed by atoms with Crippen LogP contribution in [0.5, 0.6) is 0 Å². The minimum absolute atomic E-state index is 0.0677. The average molecular weight is 486 g/mol. The van der Waals surface area contributed by atoms with E-state index in [1.54, 1.807) is 28.0 Å². The number of rotatable bonds is 8. The topological polar surface area (TPSA) is 93.3 Å². The van der Waals surface area contributed by atoms with Crippen LogP contribution in [0.2, 0.25) is 0 Å². The van der Waals surface area contributed by atoms with Gasteiger partial charge in [-0.3, -0.25) is 14.5 Å². The average Bonchev–Trinajstić information content (AvgIpc) is 3.65. The van der Waals surface area contributed by atoms with E-state index < -0.39 is 6.04 Å². The number of aryl methyl sites for hydroxylation is 1. The van der Waals surface area contributed by atoms with Crippen LogP contribution in [-0.4, -0.2) is 26.8 Å². The maximum Gasteiger partial charge on any atom is 0.249 e. The van der Waals surface area contributed by atoms with Gasteiger partial charge in [-0.2, -0.15) is 0 Å². The quantitative estimate of drug-likeness (QED) is 0.350. The number of fused-ring (bicyclic) bond motifs is 1. The third-order valence-corrected chi connectivity index (χ3v) is 6.55. The summed E-state index contributed by atoms with van der Waals surface area (Å²) in [7, 11) is 0. The van der Waals surface area contributed by atoms with E-state index in [0.29, 0.717) is 17.0 Å². The molecule has 0 fully saturated rings. The summed E-state index contributed by atoms with van der Waals surface area (Å²) in [4.78, 5) is 29.7. The van der Waals surface area contributed by atoms with Crippen molar-refractivity contribution in [2.45, 2.75) is 26.1 Å². The van der Waals surface area contributed by atoms with E-state index in [2.05, 4.69) is 15.6 Å². The third kappa shape index (κ3) is 4.85. The second-order valence-electron chi connectivity index (χ2n) is 8.05. The van der Waals surface area contributed by atoms with E-state index in [-0.39, 0.29) is 24.9 Å². The Bertz CT molecular complexity index is 1430. The van der Waals surface area contributed by atoms with Crippen LogP contribution in [-0.2, 0) is 22.7 Å². The first-order chi connectivity index (χ1) is 17.1. The summed E-state index contributed by atoms with van der Waals surface area (Å²) in [5.74, 6) is 0.0443. The minimum atomic E-state index is -0.866. The summed E-state index contributed by atoms with van der Waals surface area (Å²) >= 11 is 1.42. The highest BCUT2D eigenvalue weighted by atomic mass is 32.1. The van der Waals surface area contributed by atoms with Gasteiger partial charge in [0, 0.05) is 10.6 Å². The highest BCUT2D eigenvalue weighted by Gasteiger charge is 2.34. The van der Waals surface area contributed by atoms with E-state index >= 15 is 0 Å². The maximum atomic E-state index is 13.9. The van der Waals surface area contributed by atoms with Gasteiger partial charge in [0.1, 0.15) is 23.9 Å². The molecule has 5 aromatic rings. The predicted octanol–water partition coefficient (Wildman–Crippen LogP) is 4.49. The molecule has 8 nitrogen and oxygen atoms in total. The number of furan rings is 1. The molecule has 1 N–H and O–H groups in total. The second-order valence-corrected chi connectivity index (χ2v) is 9.03. The smallest absolute Gasteiger partial charge is 0.249 e. The van der Waals surface area contributed by atoms with Crippen molar-refractivity contribution in [3.8, 4) is 0 Å². The largest absolute Gasteiger partial charge is 0.467 e. The lowest BCUT2D eigenvalue weighted by atomic mass is 10.1. The van der Waals surface area contributed by atoms with Gasteiger partial charge in [-0.25, -0.2) is 4.68 Å². The number of hydrogen-bond acceptors (Lipinski definition) is 6. The van der Waals surface area contributed by atoms with Crippen molar-refractivity contribution >= 4 is 39.9 Å². The van der Waals surface area contributed by atoms with Crippen LogP contribution in [0.1, 0.15) is 22.2 Å². The Labute approximate surface area is 205 Å². The van der Waals surface area contributed by atoms with Crippen molar-refractivity contribution in [2.75, 3.05) is 4.90 Å². The number of para-hydroxylation sites is 1. The van der Waals surface area contributed by atoms with Crippen LogP contribution in [0.4, 0.5) is 5.69 Å². The lowest BCUT2D eigenvalue weighted by Gasteiger charge is -2.30. The summed E-state index contributed by atoms with van der Waals surface area (Å²) in [6, 6.07) is 21.4. The molecule has 1 atom stereocenters. The van der Waals surface area contributed by atoms with Crippen molar-refractivity contribution in [1.82, 2.24) is 20.3 Å². The van der Waals surface area contributed by atoms with Crippen LogP contribution < -0.4 is 10.2 Å². The Morgan fingerprint density at radius 3 is 2.63 bits per heavy atom. The van der Waals surface area contributed by atoms with Crippen molar-refractivity contribution in [1.29, 1.82) is 0 Å². The molecule has 2 aromatic carbocycles. The zero-order valence-electron chi connectivity index (χ0n) is 19.0. The molecule has 0 aliphatic heterocycles. The van der Waals surface area contributed by atoms with E-state index in [1.165, 1.54) is 11.3 Å². The van der Waals surface area contributed by atoms with Crippen LogP contribution in [0.15, 0.2) is 88.9 Å². The number of anilines is 1. The molecule has 0 radical (unpaired) electrons. The first-order valence-corrected chi connectivity index (χ1v) is 12.0. The molecule has 0 bridgehead atoms. The molecule has 5 rings (SSSR count). The minimum Gasteiger partial charge on any atom is -0.467 e. The van der Waals surface area contributed by atoms with E-state index in [0.717, 1.165) is 16.0 Å². The first kappa shape index (κ1) is 22.5. The van der Waals surface area contributed by atoms with Crippen molar-refractivity contribution < 1.29 is 14.0 Å². The number of hydrogen-bond donors (Lipinski definition) is 1. The van der Waals surface area contributed by atoms with Gasteiger partial charge in [0.15, 0.2) is 0 Å². The molecule has 9 heteroatoms. The van der Waals surface area contributed by atoms with Crippen molar-refractivity contribution in [2.24, 2.45) is 0 Å². The van der Waals surface area contributed by atoms with Crippen molar-refractivity contribution in [3.05, 3.63) is 101 Å². The Kier molecular flexibility index (Phi) is 6.40. The molecular formula is C26H23N5O3S. The van der Waals surface area contributed by atoms with Crippen LogP contribution >= 0.6 is 11.3 Å². The van der Waals surface area contributed by atoms with E-state index in [9.17, 15) is 9.59 Å². The zero-order chi connectivity index (χ0) is 24.2. The Morgan fingerprint density at radius 1 is 1.06 bits per heavy atom. The highest BCUT2D eigenvalue weighted by Crippen LogP contribution is 2.31. The molecule has 35 heavy (non-hydrogen) atoms. The Morgan fingerprint density at radius 2 is 1.89 bits per heavy atom. The summed E-state index contributed by atoms with van der Waals surface area (Å²) < 4.78 is 6.92. The molecule has 0 aliphatic rings. The van der Waals surface area contributed by atoms with Crippen LogP contribution in [0, 0.1) is 6.92 Å². The fraction of sp³-hybridized carbons (Fsp3) is 0.154. The van der Waals surface area contributed by atoms with Crippen LogP contribution in [0.3, 0.4) is 0 Å². The van der Waals surface area contributed by atoms with Crippen molar-refractivity contribution in [3.63, 3.8) is 0 Å². The molecule has 1 unspecified atom stereocenters. The molecule has 2 amide bonds. The monoisotopic (exact) mass is 485 g/mol. The number of amides is 2. The molecule has 0 spiro atoms. The van der Waals surface area contributed by atoms with Gasteiger partial charge in [-0.1, -0.05) is 41.1 Å². The molecular weight excluding hydrogens is 462 g/mol. The Balaban J connectivity index is 1.51. The number of carbonyl (C=O) groups is 2. The summed E-state index contributed by atoms with van der Waals surface area (Å²) in [6.45, 7) is 2.13. The number of aromatic nitrogens is 3. The van der Waals surface area contributed by atoms with Gasteiger partial charge in [0.25, 0.3) is 0 Å². The lowest BCUT2D eigenvalue weighted by Crippen LogP contribution is -2.44. The number of benzene rings is 2. The highest BCUT2D eigenvalue weighted by molar-refractivity contribution is 7.10. The number of nitrogens with one attached hydrogen (secondary N) is 1. The van der Waals surface area contributed by atoms with Gasteiger partial charge in [-0.05, 0) is 54.8 Å². The molecule has 0 aliphatic carbocycles. The molecule has 176 valence electrons. The fourth-order valence-electron chi connectivity index (χ4n) is 3.89. The standard InChI is InChI=1S/C26H23N5O3S/c1-18-10-12-19(13-11-18)31(24(32)17-30-22-8-3-2-7-21(22)28-29-30)25(23-9-5-15-35-23)26(33)27-16-20-6-4-14-34-20/h2-15,25H,16-17H2,1H3,(H,27,33).